The van der Waals surface area contributed by atoms with Crippen molar-refractivity contribution in [2.45, 2.75) is 6.04 Å². The van der Waals surface area contributed by atoms with E-state index in [2.05, 4.69) is 15.6 Å². The van der Waals surface area contributed by atoms with Gasteiger partial charge in [0.2, 0.25) is 0 Å². The molecule has 2 rings (SSSR count). The molecule has 5 nitrogen and oxygen atoms in total. The van der Waals surface area contributed by atoms with E-state index in [-0.39, 0.29) is 6.04 Å². The third kappa shape index (κ3) is 1.56. The molecule has 0 saturated carbocycles. The van der Waals surface area contributed by atoms with Crippen molar-refractivity contribution in [3.63, 3.8) is 0 Å². The molecule has 1 aromatic rings. The molecule has 1 saturated heterocycles. The number of nitrogens with one attached hydrogen (secondary N) is 2. The summed E-state index contributed by atoms with van der Waals surface area (Å²) < 4.78 is 0. The number of carbonyl (C=O) groups excluding carboxylic acids is 2. The van der Waals surface area contributed by atoms with E-state index < -0.39 is 11.8 Å². The van der Waals surface area contributed by atoms with Gasteiger partial charge >= 0.3 is 11.8 Å². The fourth-order valence-corrected chi connectivity index (χ4v) is 1.31. The first-order valence-electron chi connectivity index (χ1n) is 4.27. The van der Waals surface area contributed by atoms with Crippen LogP contribution in [0.1, 0.15) is 11.7 Å². The Balaban J connectivity index is 2.14. The summed E-state index contributed by atoms with van der Waals surface area (Å²) in [7, 11) is 0. The van der Waals surface area contributed by atoms with Crippen LogP contribution in [-0.4, -0.2) is 23.3 Å². The van der Waals surface area contributed by atoms with Crippen molar-refractivity contribution in [1.29, 1.82) is 0 Å². The molecule has 1 aliphatic heterocycles. The van der Waals surface area contributed by atoms with Gasteiger partial charge in [-0.05, 0) is 12.1 Å². The first-order chi connectivity index (χ1) is 6.77. The van der Waals surface area contributed by atoms with Crippen molar-refractivity contribution in [2.24, 2.45) is 0 Å². The Morgan fingerprint density at radius 1 is 1.29 bits per heavy atom. The van der Waals surface area contributed by atoms with Gasteiger partial charge in [-0.2, -0.15) is 0 Å². The number of amides is 2. The lowest BCUT2D eigenvalue weighted by molar-refractivity contribution is -0.141. The predicted molar refractivity (Wildman–Crippen MR) is 48.1 cm³/mol. The van der Waals surface area contributed by atoms with Gasteiger partial charge in [0.1, 0.15) is 0 Å². The predicted octanol–water partition coefficient (Wildman–Crippen LogP) is -0.631. The molecule has 1 aromatic heterocycles. The van der Waals surface area contributed by atoms with Crippen molar-refractivity contribution in [2.75, 3.05) is 6.54 Å². The Hall–Kier alpha value is -1.91. The van der Waals surface area contributed by atoms with Gasteiger partial charge in [0.15, 0.2) is 0 Å². The van der Waals surface area contributed by atoms with E-state index in [9.17, 15) is 9.59 Å². The molecule has 0 spiro atoms. The molecule has 14 heavy (non-hydrogen) atoms. The van der Waals surface area contributed by atoms with Crippen LogP contribution in [0.5, 0.6) is 0 Å². The summed E-state index contributed by atoms with van der Waals surface area (Å²) in [5, 5.41) is 5.06. The smallest absolute Gasteiger partial charge is 0.309 e. The number of pyridine rings is 1. The summed E-state index contributed by atoms with van der Waals surface area (Å²) in [4.78, 5) is 26.0. The Morgan fingerprint density at radius 3 is 2.79 bits per heavy atom. The molecule has 1 aliphatic rings. The molecule has 2 heterocycles. The normalized spacial score (nSPS) is 21.3. The summed E-state index contributed by atoms with van der Waals surface area (Å²) in [5.41, 5.74) is 0.751. The highest BCUT2D eigenvalue weighted by atomic mass is 16.2. The average Bonchev–Trinajstić information content (AvgIpc) is 2.23. The Labute approximate surface area is 80.5 Å². The number of carbonyl (C=O) groups is 2. The number of rotatable bonds is 1. The molecule has 0 aliphatic carbocycles. The number of piperazine rings is 1. The zero-order chi connectivity index (χ0) is 9.97. The third-order valence-electron chi connectivity index (χ3n) is 2.02. The summed E-state index contributed by atoms with van der Waals surface area (Å²) in [5.74, 6) is -1.19. The lowest BCUT2D eigenvalue weighted by Gasteiger charge is -2.22. The molecule has 0 radical (unpaired) electrons. The van der Waals surface area contributed by atoms with Crippen LogP contribution in [0.25, 0.3) is 0 Å². The Morgan fingerprint density at radius 2 is 2.14 bits per heavy atom. The molecule has 2 amide bonds. The van der Waals surface area contributed by atoms with Gasteiger partial charge in [0.05, 0.1) is 11.7 Å². The fourth-order valence-electron chi connectivity index (χ4n) is 1.31. The first-order valence-corrected chi connectivity index (χ1v) is 4.27. The topological polar surface area (TPSA) is 71.1 Å². The van der Waals surface area contributed by atoms with Crippen molar-refractivity contribution < 1.29 is 9.59 Å². The minimum Gasteiger partial charge on any atom is -0.345 e. The van der Waals surface area contributed by atoms with Crippen LogP contribution in [0.4, 0.5) is 0 Å². The van der Waals surface area contributed by atoms with Crippen LogP contribution < -0.4 is 10.6 Å². The van der Waals surface area contributed by atoms with E-state index in [1.807, 2.05) is 12.1 Å². The van der Waals surface area contributed by atoms with Gasteiger partial charge in [-0.1, -0.05) is 6.07 Å². The zero-order valence-electron chi connectivity index (χ0n) is 7.36. The molecule has 0 aromatic carbocycles. The second-order valence-electron chi connectivity index (χ2n) is 2.99. The van der Waals surface area contributed by atoms with Gasteiger partial charge in [0.25, 0.3) is 0 Å². The van der Waals surface area contributed by atoms with Gasteiger partial charge < -0.3 is 10.6 Å². The number of nitrogens with zero attached hydrogens (tertiary/aromatic N) is 1. The van der Waals surface area contributed by atoms with Crippen molar-refractivity contribution in [1.82, 2.24) is 15.6 Å². The zero-order valence-corrected chi connectivity index (χ0v) is 7.36. The van der Waals surface area contributed by atoms with Gasteiger partial charge in [0, 0.05) is 12.7 Å². The highest BCUT2D eigenvalue weighted by molar-refractivity contribution is 6.35. The highest BCUT2D eigenvalue weighted by Crippen LogP contribution is 2.09. The van der Waals surface area contributed by atoms with Crippen molar-refractivity contribution in [3.8, 4) is 0 Å². The van der Waals surface area contributed by atoms with E-state index >= 15 is 0 Å². The Bertz CT molecular complexity index is 364. The standard InChI is InChI=1S/C9H9N3O2/c13-8-9(14)12-7(5-11-8)6-3-1-2-4-10-6/h1-4,7H,5H2,(H,11,13)(H,12,14)/t7-/m1/s1. The molecule has 1 fully saturated rings. The van der Waals surface area contributed by atoms with E-state index in [0.717, 1.165) is 5.69 Å². The molecule has 1 atom stereocenters. The average molecular weight is 191 g/mol. The maximum absolute atomic E-state index is 11.0. The monoisotopic (exact) mass is 191 g/mol. The van der Waals surface area contributed by atoms with Gasteiger partial charge in [-0.3, -0.25) is 14.6 Å². The lowest BCUT2D eigenvalue weighted by atomic mass is 10.1. The quantitative estimate of drug-likeness (QED) is 0.580. The van der Waals surface area contributed by atoms with Crippen LogP contribution in [0.3, 0.4) is 0 Å². The van der Waals surface area contributed by atoms with Gasteiger partial charge in [-0.15, -0.1) is 0 Å². The van der Waals surface area contributed by atoms with E-state index in [1.54, 1.807) is 12.3 Å². The maximum atomic E-state index is 11.0. The molecule has 72 valence electrons. The van der Waals surface area contributed by atoms with Gasteiger partial charge in [-0.25, -0.2) is 0 Å². The number of hydrogen-bond donors (Lipinski definition) is 2. The number of aromatic nitrogens is 1. The molecule has 2 N–H and O–H groups in total. The van der Waals surface area contributed by atoms with E-state index in [4.69, 9.17) is 0 Å². The summed E-state index contributed by atoms with van der Waals surface area (Å²) >= 11 is 0. The SMILES string of the molecule is O=C1NC[C@H](c2ccccn2)NC1=O. The van der Waals surface area contributed by atoms with Crippen LogP contribution in [0, 0.1) is 0 Å². The first kappa shape index (κ1) is 8.68. The summed E-state index contributed by atoms with van der Waals surface area (Å²) in [6.45, 7) is 0.390. The molecule has 0 unspecified atom stereocenters. The number of hydrogen-bond acceptors (Lipinski definition) is 3. The van der Waals surface area contributed by atoms with E-state index in [0.29, 0.717) is 6.54 Å². The van der Waals surface area contributed by atoms with Crippen LogP contribution >= 0.6 is 0 Å². The highest BCUT2D eigenvalue weighted by Gasteiger charge is 2.26. The van der Waals surface area contributed by atoms with Crippen molar-refractivity contribution in [3.05, 3.63) is 30.1 Å². The summed E-state index contributed by atoms with van der Waals surface area (Å²) in [6.07, 6.45) is 1.65. The second kappa shape index (κ2) is 3.45. The minimum atomic E-state index is -0.605. The Kier molecular flexibility index (Phi) is 2.14. The largest absolute Gasteiger partial charge is 0.345 e. The van der Waals surface area contributed by atoms with Crippen LogP contribution in [0.2, 0.25) is 0 Å². The minimum absolute atomic E-state index is 0.221. The maximum Gasteiger partial charge on any atom is 0.309 e. The second-order valence-corrected chi connectivity index (χ2v) is 2.99. The molecular formula is C9H9N3O2. The van der Waals surface area contributed by atoms with Crippen LogP contribution in [-0.2, 0) is 9.59 Å². The molecule has 0 bridgehead atoms. The molecule has 5 heteroatoms. The summed E-state index contributed by atoms with van der Waals surface area (Å²) in [6, 6.07) is 5.22. The van der Waals surface area contributed by atoms with Crippen molar-refractivity contribution >= 4 is 11.8 Å². The fraction of sp³-hybridized carbons (Fsp3) is 0.222. The van der Waals surface area contributed by atoms with Crippen LogP contribution in [0.15, 0.2) is 24.4 Å². The lowest BCUT2D eigenvalue weighted by Crippen LogP contribution is -2.51. The molecular weight excluding hydrogens is 182 g/mol. The van der Waals surface area contributed by atoms with E-state index in [1.165, 1.54) is 0 Å². The third-order valence-corrected chi connectivity index (χ3v) is 2.02.